The van der Waals surface area contributed by atoms with Crippen molar-refractivity contribution >= 4 is 5.97 Å². The fourth-order valence-electron chi connectivity index (χ4n) is 2.84. The van der Waals surface area contributed by atoms with Gasteiger partial charge in [0.05, 0.1) is 6.42 Å². The SMILES string of the molecule is CN1CCC(C)(C)N(C2CC2)CC1CC(=O)O. The van der Waals surface area contributed by atoms with E-state index in [1.165, 1.54) is 12.8 Å². The Morgan fingerprint density at radius 1 is 1.41 bits per heavy atom. The molecule has 1 saturated heterocycles. The van der Waals surface area contributed by atoms with Crippen LogP contribution in [0.2, 0.25) is 0 Å². The van der Waals surface area contributed by atoms with Crippen molar-refractivity contribution in [3.05, 3.63) is 0 Å². The second-order valence-electron chi connectivity index (χ2n) is 6.18. The molecule has 17 heavy (non-hydrogen) atoms. The first-order chi connectivity index (χ1) is 7.90. The molecule has 98 valence electrons. The van der Waals surface area contributed by atoms with Crippen LogP contribution in [0.25, 0.3) is 0 Å². The first-order valence-electron chi connectivity index (χ1n) is 6.59. The molecule has 1 N–H and O–H groups in total. The van der Waals surface area contributed by atoms with Crippen LogP contribution in [-0.4, -0.2) is 58.6 Å². The third-order valence-corrected chi connectivity index (χ3v) is 4.28. The van der Waals surface area contributed by atoms with E-state index >= 15 is 0 Å². The van der Waals surface area contributed by atoms with Gasteiger partial charge < -0.3 is 10.0 Å². The van der Waals surface area contributed by atoms with Crippen LogP contribution in [0.3, 0.4) is 0 Å². The molecular weight excluding hydrogens is 216 g/mol. The van der Waals surface area contributed by atoms with Crippen molar-refractivity contribution in [2.45, 2.75) is 57.2 Å². The average molecular weight is 240 g/mol. The molecule has 0 amide bonds. The lowest BCUT2D eigenvalue weighted by molar-refractivity contribution is -0.138. The number of carboxylic acids is 1. The molecule has 0 aromatic carbocycles. The fourth-order valence-corrected chi connectivity index (χ4v) is 2.84. The summed E-state index contributed by atoms with van der Waals surface area (Å²) >= 11 is 0. The highest BCUT2D eigenvalue weighted by molar-refractivity contribution is 5.67. The van der Waals surface area contributed by atoms with E-state index in [4.69, 9.17) is 5.11 Å². The molecular formula is C13H24N2O2. The lowest BCUT2D eigenvalue weighted by atomic mass is 9.98. The van der Waals surface area contributed by atoms with Crippen LogP contribution in [0.5, 0.6) is 0 Å². The number of likely N-dealkylation sites (N-methyl/N-ethyl adjacent to an activating group) is 1. The van der Waals surface area contributed by atoms with Gasteiger partial charge in [0, 0.05) is 24.2 Å². The molecule has 1 aliphatic heterocycles. The minimum absolute atomic E-state index is 0.162. The maximum atomic E-state index is 10.9. The maximum absolute atomic E-state index is 10.9. The molecule has 4 nitrogen and oxygen atoms in total. The summed E-state index contributed by atoms with van der Waals surface area (Å²) in [6.07, 6.45) is 3.95. The number of carboxylic acid groups (broad SMARTS) is 1. The minimum atomic E-state index is -0.683. The van der Waals surface area contributed by atoms with Gasteiger partial charge in [0.2, 0.25) is 0 Å². The van der Waals surface area contributed by atoms with E-state index < -0.39 is 5.97 Å². The Labute approximate surface area is 104 Å². The molecule has 0 aromatic rings. The van der Waals surface area contributed by atoms with Crippen molar-refractivity contribution in [1.82, 2.24) is 9.80 Å². The topological polar surface area (TPSA) is 43.8 Å². The van der Waals surface area contributed by atoms with Gasteiger partial charge in [-0.25, -0.2) is 0 Å². The molecule has 4 heteroatoms. The van der Waals surface area contributed by atoms with Gasteiger partial charge in [-0.1, -0.05) is 0 Å². The van der Waals surface area contributed by atoms with Gasteiger partial charge in [0.25, 0.3) is 0 Å². The van der Waals surface area contributed by atoms with E-state index in [1.807, 2.05) is 0 Å². The van der Waals surface area contributed by atoms with Gasteiger partial charge in [0.1, 0.15) is 0 Å². The van der Waals surface area contributed by atoms with Gasteiger partial charge >= 0.3 is 5.97 Å². The van der Waals surface area contributed by atoms with E-state index in [2.05, 4.69) is 30.7 Å². The molecule has 0 aromatic heterocycles. The zero-order valence-electron chi connectivity index (χ0n) is 11.1. The van der Waals surface area contributed by atoms with Crippen LogP contribution in [0.4, 0.5) is 0 Å². The molecule has 2 aliphatic rings. The van der Waals surface area contributed by atoms with Crippen LogP contribution < -0.4 is 0 Å². The highest BCUT2D eigenvalue weighted by Crippen LogP contribution is 2.36. The lowest BCUT2D eigenvalue weighted by Crippen LogP contribution is -2.48. The van der Waals surface area contributed by atoms with Crippen LogP contribution >= 0.6 is 0 Å². The first-order valence-corrected chi connectivity index (χ1v) is 6.59. The lowest BCUT2D eigenvalue weighted by Gasteiger charge is -2.38. The largest absolute Gasteiger partial charge is 0.481 e. The van der Waals surface area contributed by atoms with E-state index in [0.29, 0.717) is 6.04 Å². The molecule has 1 atom stereocenters. The van der Waals surface area contributed by atoms with Gasteiger partial charge in [-0.15, -0.1) is 0 Å². The van der Waals surface area contributed by atoms with E-state index in [9.17, 15) is 4.79 Å². The Balaban J connectivity index is 2.10. The molecule has 2 fully saturated rings. The normalized spacial score (nSPS) is 31.1. The van der Waals surface area contributed by atoms with Crippen LogP contribution in [0.15, 0.2) is 0 Å². The third-order valence-electron chi connectivity index (χ3n) is 4.28. The average Bonchev–Trinajstić information content (AvgIpc) is 3.02. The second kappa shape index (κ2) is 4.58. The van der Waals surface area contributed by atoms with Crippen molar-refractivity contribution < 1.29 is 9.90 Å². The second-order valence-corrected chi connectivity index (χ2v) is 6.18. The van der Waals surface area contributed by atoms with Gasteiger partial charge in [-0.2, -0.15) is 0 Å². The van der Waals surface area contributed by atoms with Crippen molar-refractivity contribution in [2.75, 3.05) is 20.1 Å². The fraction of sp³-hybridized carbons (Fsp3) is 0.923. The Bertz CT molecular complexity index is 300. The van der Waals surface area contributed by atoms with Crippen LogP contribution in [0, 0.1) is 0 Å². The summed E-state index contributed by atoms with van der Waals surface area (Å²) < 4.78 is 0. The Morgan fingerprint density at radius 3 is 2.59 bits per heavy atom. The van der Waals surface area contributed by atoms with Crippen LogP contribution in [0.1, 0.15) is 39.5 Å². The smallest absolute Gasteiger partial charge is 0.304 e. The molecule has 1 heterocycles. The highest BCUT2D eigenvalue weighted by Gasteiger charge is 2.42. The Morgan fingerprint density at radius 2 is 2.06 bits per heavy atom. The number of carbonyl (C=O) groups is 1. The van der Waals surface area contributed by atoms with E-state index in [0.717, 1.165) is 19.5 Å². The van der Waals surface area contributed by atoms with Crippen molar-refractivity contribution in [3.63, 3.8) is 0 Å². The number of aliphatic carboxylic acids is 1. The summed E-state index contributed by atoms with van der Waals surface area (Å²) in [5.41, 5.74) is 0.211. The van der Waals surface area contributed by atoms with E-state index in [-0.39, 0.29) is 18.0 Å². The predicted molar refractivity (Wildman–Crippen MR) is 67.1 cm³/mol. The summed E-state index contributed by atoms with van der Waals surface area (Å²) in [7, 11) is 2.06. The quantitative estimate of drug-likeness (QED) is 0.810. The monoisotopic (exact) mass is 240 g/mol. The Kier molecular flexibility index (Phi) is 3.46. The number of hydrogen-bond acceptors (Lipinski definition) is 3. The maximum Gasteiger partial charge on any atom is 0.304 e. The molecule has 0 spiro atoms. The molecule has 1 aliphatic carbocycles. The Hall–Kier alpha value is -0.610. The highest BCUT2D eigenvalue weighted by atomic mass is 16.4. The molecule has 1 unspecified atom stereocenters. The number of nitrogens with zero attached hydrogens (tertiary/aromatic N) is 2. The first kappa shape index (κ1) is 12.8. The summed E-state index contributed by atoms with van der Waals surface area (Å²) in [4.78, 5) is 15.7. The van der Waals surface area contributed by atoms with Crippen molar-refractivity contribution in [2.24, 2.45) is 0 Å². The van der Waals surface area contributed by atoms with E-state index in [1.54, 1.807) is 0 Å². The predicted octanol–water partition coefficient (Wildman–Crippen LogP) is 1.41. The summed E-state index contributed by atoms with van der Waals surface area (Å²) in [6.45, 7) is 6.49. The zero-order valence-corrected chi connectivity index (χ0v) is 11.1. The number of rotatable bonds is 3. The summed E-state index contributed by atoms with van der Waals surface area (Å²) in [6, 6.07) is 0.864. The zero-order chi connectivity index (χ0) is 12.6. The third kappa shape index (κ3) is 2.99. The van der Waals surface area contributed by atoms with Crippen molar-refractivity contribution in [1.29, 1.82) is 0 Å². The number of hydrogen-bond donors (Lipinski definition) is 1. The summed E-state index contributed by atoms with van der Waals surface area (Å²) in [5.74, 6) is -0.683. The van der Waals surface area contributed by atoms with Gasteiger partial charge in [0.15, 0.2) is 0 Å². The van der Waals surface area contributed by atoms with Crippen molar-refractivity contribution in [3.8, 4) is 0 Å². The molecule has 2 rings (SSSR count). The molecule has 1 saturated carbocycles. The standard InChI is InChI=1S/C13H24N2O2/c1-13(2)6-7-14(3)11(8-12(16)17)9-15(13)10-4-5-10/h10-11H,4-9H2,1-3H3,(H,16,17). The molecule has 0 bridgehead atoms. The summed E-state index contributed by atoms with van der Waals surface area (Å²) in [5, 5.41) is 9.00. The minimum Gasteiger partial charge on any atom is -0.481 e. The van der Waals surface area contributed by atoms with Crippen LogP contribution in [-0.2, 0) is 4.79 Å². The van der Waals surface area contributed by atoms with Gasteiger partial charge in [-0.05, 0) is 46.7 Å². The molecule has 0 radical (unpaired) electrons. The van der Waals surface area contributed by atoms with Gasteiger partial charge in [-0.3, -0.25) is 9.69 Å².